The van der Waals surface area contributed by atoms with Crippen LogP contribution in [0.1, 0.15) is 26.2 Å². The van der Waals surface area contributed by atoms with Crippen molar-refractivity contribution in [2.24, 2.45) is 21.2 Å². The molecule has 0 radical (unpaired) electrons. The molecule has 0 amide bonds. The molecule has 0 bridgehead atoms. The quantitative estimate of drug-likeness (QED) is 0.155. The summed E-state index contributed by atoms with van der Waals surface area (Å²) in [5.74, 6) is 4.74. The largest absolute Gasteiger partial charge is 0.305 e. The summed E-state index contributed by atoms with van der Waals surface area (Å²) in [5.41, 5.74) is 0. The molecule has 0 heterocycles. The van der Waals surface area contributed by atoms with E-state index in [-0.39, 0.29) is 0 Å². The number of hydrogen-bond donors (Lipinski definition) is 1. The highest BCUT2D eigenvalue weighted by atomic mass is 15.3. The Balaban J connectivity index is 3.02. The minimum absolute atomic E-state index is 0.826. The van der Waals surface area contributed by atoms with Crippen molar-refractivity contribution in [3.8, 4) is 0 Å². The van der Waals surface area contributed by atoms with Crippen LogP contribution in [-0.4, -0.2) is 12.9 Å². The van der Waals surface area contributed by atoms with Gasteiger partial charge in [-0.05, 0) is 6.42 Å². The number of nitrogens with two attached hydrogens (primary N) is 1. The van der Waals surface area contributed by atoms with E-state index in [0.717, 1.165) is 13.0 Å². The first-order chi connectivity index (χ1) is 4.91. The Morgan fingerprint density at radius 3 is 2.80 bits per heavy atom. The fraction of sp³-hybridized carbons (Fsp3) is 0.833. The summed E-state index contributed by atoms with van der Waals surface area (Å²) in [5, 5.41) is 6.41. The van der Waals surface area contributed by atoms with Gasteiger partial charge < -0.3 is 5.84 Å². The Morgan fingerprint density at radius 2 is 2.20 bits per heavy atom. The Morgan fingerprint density at radius 1 is 1.40 bits per heavy atom. The molecule has 2 N–H and O–H groups in total. The molecule has 0 aliphatic carbocycles. The molecule has 0 rings (SSSR count). The number of nitrogens with zero attached hydrogens (tertiary/aromatic N) is 3. The molecule has 10 heavy (non-hydrogen) atoms. The van der Waals surface area contributed by atoms with Crippen molar-refractivity contribution in [2.75, 3.05) is 6.54 Å². The van der Waals surface area contributed by atoms with Gasteiger partial charge >= 0.3 is 0 Å². The summed E-state index contributed by atoms with van der Waals surface area (Å²) in [4.78, 5) is 3.93. The summed E-state index contributed by atoms with van der Waals surface area (Å²) < 4.78 is 0. The smallest absolute Gasteiger partial charge is 0.134 e. The third-order valence-electron chi connectivity index (χ3n) is 1.09. The van der Waals surface area contributed by atoms with Gasteiger partial charge in [-0.15, -0.1) is 5.11 Å². The lowest BCUT2D eigenvalue weighted by molar-refractivity contribution is 0.728. The molecule has 0 unspecified atom stereocenters. The predicted molar refractivity (Wildman–Crippen MR) is 41.9 cm³/mol. The van der Waals surface area contributed by atoms with Crippen molar-refractivity contribution in [3.05, 3.63) is 0 Å². The summed E-state index contributed by atoms with van der Waals surface area (Å²) in [7, 11) is 0. The van der Waals surface area contributed by atoms with Crippen LogP contribution >= 0.6 is 0 Å². The number of rotatable bonds is 5. The summed E-state index contributed by atoms with van der Waals surface area (Å²) in [6, 6.07) is 0. The van der Waals surface area contributed by atoms with Crippen LogP contribution in [0.15, 0.2) is 15.3 Å². The van der Waals surface area contributed by atoms with E-state index in [0.29, 0.717) is 0 Å². The van der Waals surface area contributed by atoms with Crippen molar-refractivity contribution < 1.29 is 0 Å². The van der Waals surface area contributed by atoms with E-state index in [2.05, 4.69) is 22.3 Å². The van der Waals surface area contributed by atoms with Crippen LogP contribution in [0.2, 0.25) is 0 Å². The third kappa shape index (κ3) is 7.07. The van der Waals surface area contributed by atoms with Crippen molar-refractivity contribution in [3.63, 3.8) is 0 Å². The van der Waals surface area contributed by atoms with Gasteiger partial charge in [-0.1, -0.05) is 25.0 Å². The average Bonchev–Trinajstić information content (AvgIpc) is 1.97. The van der Waals surface area contributed by atoms with E-state index in [9.17, 15) is 0 Å². The first-order valence-electron chi connectivity index (χ1n) is 3.50. The second-order valence-electron chi connectivity index (χ2n) is 1.96. The molecule has 0 saturated heterocycles. The standard InChI is InChI=1S/C6H14N4/c1-2-3-4-5-8-6-9-10-7/h6H,2-5H2,1H3,(H2,7,8,9). The van der Waals surface area contributed by atoms with Crippen molar-refractivity contribution >= 4 is 6.34 Å². The van der Waals surface area contributed by atoms with Gasteiger partial charge in [0.15, 0.2) is 0 Å². The molecule has 4 heteroatoms. The molecule has 0 aromatic carbocycles. The van der Waals surface area contributed by atoms with Crippen LogP contribution < -0.4 is 5.84 Å². The average molecular weight is 142 g/mol. The SMILES string of the molecule is CCCCCN=CN=NN. The predicted octanol–water partition coefficient (Wildman–Crippen LogP) is 1.53. The minimum atomic E-state index is 0.826. The zero-order chi connectivity index (χ0) is 7.66. The second-order valence-corrected chi connectivity index (χ2v) is 1.96. The van der Waals surface area contributed by atoms with Crippen LogP contribution in [0.4, 0.5) is 0 Å². The highest BCUT2D eigenvalue weighted by Gasteiger charge is 1.80. The lowest BCUT2D eigenvalue weighted by Gasteiger charge is -1.88. The molecule has 4 nitrogen and oxygen atoms in total. The Kier molecular flexibility index (Phi) is 7.32. The van der Waals surface area contributed by atoms with Crippen molar-refractivity contribution in [1.29, 1.82) is 0 Å². The third-order valence-corrected chi connectivity index (χ3v) is 1.09. The zero-order valence-corrected chi connectivity index (χ0v) is 6.32. The van der Waals surface area contributed by atoms with E-state index >= 15 is 0 Å². The van der Waals surface area contributed by atoms with Crippen LogP contribution in [-0.2, 0) is 0 Å². The van der Waals surface area contributed by atoms with Gasteiger partial charge in [-0.2, -0.15) is 0 Å². The number of aliphatic imine (C=N–C) groups is 1. The van der Waals surface area contributed by atoms with Gasteiger partial charge in [0.25, 0.3) is 0 Å². The molecule has 0 aliphatic rings. The molecule has 0 fully saturated rings. The van der Waals surface area contributed by atoms with Crippen molar-refractivity contribution in [2.45, 2.75) is 26.2 Å². The molecular weight excluding hydrogens is 128 g/mol. The maximum absolute atomic E-state index is 4.74. The first-order valence-corrected chi connectivity index (χ1v) is 3.50. The molecule has 58 valence electrons. The van der Waals surface area contributed by atoms with Crippen LogP contribution in [0.5, 0.6) is 0 Å². The molecule has 0 atom stereocenters. The zero-order valence-electron chi connectivity index (χ0n) is 6.32. The van der Waals surface area contributed by atoms with E-state index < -0.39 is 0 Å². The molecular formula is C6H14N4. The monoisotopic (exact) mass is 142 g/mol. The topological polar surface area (TPSA) is 63.1 Å². The van der Waals surface area contributed by atoms with E-state index in [1.54, 1.807) is 0 Å². The molecule has 0 aromatic heterocycles. The van der Waals surface area contributed by atoms with Gasteiger partial charge in [0.05, 0.1) is 0 Å². The fourth-order valence-electron chi connectivity index (χ4n) is 0.577. The Labute approximate surface area is 61.2 Å². The number of unbranched alkanes of at least 4 members (excludes halogenated alkanes) is 2. The highest BCUT2D eigenvalue weighted by Crippen LogP contribution is 1.92. The Bertz CT molecular complexity index is 108. The van der Waals surface area contributed by atoms with Gasteiger partial charge in [-0.3, -0.25) is 4.99 Å². The van der Waals surface area contributed by atoms with E-state index in [1.165, 1.54) is 19.2 Å². The van der Waals surface area contributed by atoms with E-state index in [1.807, 2.05) is 0 Å². The first kappa shape index (κ1) is 9.07. The van der Waals surface area contributed by atoms with E-state index in [4.69, 9.17) is 5.84 Å². The summed E-state index contributed by atoms with van der Waals surface area (Å²) in [6.07, 6.45) is 4.94. The van der Waals surface area contributed by atoms with Gasteiger partial charge in [0, 0.05) is 6.54 Å². The molecule has 0 aromatic rings. The maximum Gasteiger partial charge on any atom is 0.134 e. The van der Waals surface area contributed by atoms with Crippen LogP contribution in [0, 0.1) is 0 Å². The lowest BCUT2D eigenvalue weighted by Crippen LogP contribution is -1.81. The summed E-state index contributed by atoms with van der Waals surface area (Å²) in [6.45, 7) is 2.98. The van der Waals surface area contributed by atoms with Gasteiger partial charge in [0.1, 0.15) is 6.34 Å². The fourth-order valence-corrected chi connectivity index (χ4v) is 0.577. The Hall–Kier alpha value is -0.930. The van der Waals surface area contributed by atoms with Crippen LogP contribution in [0.3, 0.4) is 0 Å². The van der Waals surface area contributed by atoms with Crippen LogP contribution in [0.25, 0.3) is 0 Å². The highest BCUT2D eigenvalue weighted by molar-refractivity contribution is 5.54. The molecule has 0 saturated carbocycles. The number of hydrogen-bond acceptors (Lipinski definition) is 2. The van der Waals surface area contributed by atoms with Gasteiger partial charge in [-0.25, -0.2) is 0 Å². The van der Waals surface area contributed by atoms with Gasteiger partial charge in [0.2, 0.25) is 0 Å². The normalized spacial score (nSPS) is 11.7. The lowest BCUT2D eigenvalue weighted by atomic mass is 10.2. The van der Waals surface area contributed by atoms with Crippen molar-refractivity contribution in [1.82, 2.24) is 0 Å². The summed E-state index contributed by atoms with van der Waals surface area (Å²) >= 11 is 0. The molecule has 0 spiro atoms. The maximum atomic E-state index is 4.74. The second kappa shape index (κ2) is 8.07. The minimum Gasteiger partial charge on any atom is -0.305 e. The molecule has 0 aliphatic heterocycles.